The highest BCUT2D eigenvalue weighted by Gasteiger charge is 2.31. The molecule has 0 unspecified atom stereocenters. The number of hydrogen-bond acceptors (Lipinski definition) is 5. The summed E-state index contributed by atoms with van der Waals surface area (Å²) in [6.07, 6.45) is -0.687. The molecule has 222 valence electrons. The van der Waals surface area contributed by atoms with E-state index in [0.717, 1.165) is 43.5 Å². The third-order valence-corrected chi connectivity index (χ3v) is 7.44. The monoisotopic (exact) mass is 575 g/mol. The van der Waals surface area contributed by atoms with Gasteiger partial charge in [-0.25, -0.2) is 4.79 Å². The minimum absolute atomic E-state index is 0.00713. The Morgan fingerprint density at radius 1 is 0.951 bits per heavy atom. The smallest absolute Gasteiger partial charge is 0.383 e. The van der Waals surface area contributed by atoms with E-state index < -0.39 is 17.8 Å². The van der Waals surface area contributed by atoms with Gasteiger partial charge in [-0.05, 0) is 55.3 Å². The lowest BCUT2D eigenvalue weighted by molar-refractivity contribution is -0.139. The maximum absolute atomic E-state index is 13.0. The molecule has 0 atom stereocenters. The summed E-state index contributed by atoms with van der Waals surface area (Å²) < 4.78 is 44.0. The molecular weight excluding hydrogens is 539 g/mol. The number of benzene rings is 2. The fourth-order valence-electron chi connectivity index (χ4n) is 5.17. The van der Waals surface area contributed by atoms with E-state index in [4.69, 9.17) is 4.74 Å². The van der Waals surface area contributed by atoms with Crippen LogP contribution in [0.5, 0.6) is 0 Å². The molecule has 1 saturated heterocycles. The first kappa shape index (κ1) is 30.2. The van der Waals surface area contributed by atoms with Crippen LogP contribution in [0, 0.1) is 5.92 Å². The second kappa shape index (κ2) is 13.7. The second-order valence-corrected chi connectivity index (χ2v) is 10.3. The maximum atomic E-state index is 13.0. The van der Waals surface area contributed by atoms with Gasteiger partial charge in [0.05, 0.1) is 18.7 Å². The van der Waals surface area contributed by atoms with E-state index in [9.17, 15) is 27.6 Å². The summed E-state index contributed by atoms with van der Waals surface area (Å²) >= 11 is 0. The van der Waals surface area contributed by atoms with Crippen LogP contribution in [-0.2, 0) is 20.5 Å². The molecule has 2 N–H and O–H groups in total. The van der Waals surface area contributed by atoms with Gasteiger partial charge < -0.3 is 30.1 Å². The number of rotatable bonds is 9. The lowest BCUT2D eigenvalue weighted by Gasteiger charge is -2.36. The first-order valence-electron chi connectivity index (χ1n) is 13.8. The number of halogens is 3. The Kier molecular flexibility index (Phi) is 10.1. The molecule has 0 bridgehead atoms. The Morgan fingerprint density at radius 2 is 1.63 bits per heavy atom. The molecule has 4 amide bonds. The summed E-state index contributed by atoms with van der Waals surface area (Å²) in [6.45, 7) is 2.57. The van der Waals surface area contributed by atoms with Gasteiger partial charge >= 0.3 is 12.2 Å². The number of nitrogens with one attached hydrogen (secondary N) is 2. The van der Waals surface area contributed by atoms with Gasteiger partial charge in [0, 0.05) is 62.8 Å². The highest BCUT2D eigenvalue weighted by molar-refractivity contribution is 5.95. The van der Waals surface area contributed by atoms with E-state index in [-0.39, 0.29) is 30.0 Å². The van der Waals surface area contributed by atoms with E-state index in [2.05, 4.69) is 15.5 Å². The second-order valence-electron chi connectivity index (χ2n) is 10.3. The van der Waals surface area contributed by atoms with E-state index in [1.807, 2.05) is 12.1 Å². The molecule has 0 spiro atoms. The van der Waals surface area contributed by atoms with Gasteiger partial charge in [0.1, 0.15) is 0 Å². The predicted molar refractivity (Wildman–Crippen MR) is 150 cm³/mol. The molecule has 41 heavy (non-hydrogen) atoms. The average Bonchev–Trinajstić information content (AvgIpc) is 3.50. The van der Waals surface area contributed by atoms with Crippen molar-refractivity contribution in [3.05, 3.63) is 54.1 Å². The molecule has 1 aliphatic heterocycles. The topological polar surface area (TPSA) is 94.2 Å². The Hall–Kier alpha value is -3.80. The number of anilines is 3. The van der Waals surface area contributed by atoms with E-state index in [0.29, 0.717) is 45.0 Å². The molecule has 2 aromatic carbocycles. The van der Waals surface area contributed by atoms with Crippen molar-refractivity contribution in [1.82, 2.24) is 9.80 Å². The zero-order valence-electron chi connectivity index (χ0n) is 23.1. The molecule has 0 aromatic heterocycles. The molecular formula is C29H36F3N5O4. The number of piperazine rings is 1. The van der Waals surface area contributed by atoms with Crippen molar-refractivity contribution in [3.63, 3.8) is 0 Å². The lowest BCUT2D eigenvalue weighted by Crippen LogP contribution is -2.50. The molecule has 1 aliphatic carbocycles. The number of carbonyl (C=O) groups is 3. The zero-order valence-corrected chi connectivity index (χ0v) is 23.1. The zero-order chi connectivity index (χ0) is 29.4. The molecule has 4 rings (SSSR count). The summed E-state index contributed by atoms with van der Waals surface area (Å²) in [4.78, 5) is 43.5. The molecule has 1 saturated carbocycles. The van der Waals surface area contributed by atoms with Crippen molar-refractivity contribution < 1.29 is 32.3 Å². The normalized spacial score (nSPS) is 16.0. The largest absolute Gasteiger partial charge is 0.416 e. The van der Waals surface area contributed by atoms with Crippen LogP contribution in [0.4, 0.5) is 35.0 Å². The number of amides is 4. The standard InChI is InChI=1S/C29H36F3N5O4/c1-41-18-17-37(27(39)21-5-2-3-6-21)20-26(38)33-23-9-11-25(12-10-23)35-13-15-36(16-14-35)28(40)34-24-8-4-7-22(19-24)29(30,31)32/h4,7-12,19,21H,2-3,5-6,13-18,20H2,1H3,(H,33,38)(H,34,40). The van der Waals surface area contributed by atoms with Gasteiger partial charge in [0.2, 0.25) is 11.8 Å². The lowest BCUT2D eigenvalue weighted by atomic mass is 10.1. The van der Waals surface area contributed by atoms with Crippen LogP contribution in [-0.4, -0.2) is 80.6 Å². The van der Waals surface area contributed by atoms with Gasteiger partial charge in [0.15, 0.2) is 0 Å². The molecule has 2 fully saturated rings. The molecule has 1 heterocycles. The summed E-state index contributed by atoms with van der Waals surface area (Å²) in [6, 6.07) is 11.4. The van der Waals surface area contributed by atoms with E-state index in [1.54, 1.807) is 29.0 Å². The van der Waals surface area contributed by atoms with Gasteiger partial charge in [-0.1, -0.05) is 18.9 Å². The number of carbonyl (C=O) groups excluding carboxylic acids is 3. The molecule has 2 aliphatic rings. The van der Waals surface area contributed by atoms with Gasteiger partial charge in [0.25, 0.3) is 0 Å². The van der Waals surface area contributed by atoms with E-state index >= 15 is 0 Å². The SMILES string of the molecule is COCCN(CC(=O)Nc1ccc(N2CCN(C(=O)Nc3cccc(C(F)(F)F)c3)CC2)cc1)C(=O)C1CCCC1. The van der Waals surface area contributed by atoms with Crippen molar-refractivity contribution in [2.75, 3.05) is 68.5 Å². The Labute approximate surface area is 237 Å². The molecule has 9 nitrogen and oxygen atoms in total. The highest BCUT2D eigenvalue weighted by Crippen LogP contribution is 2.31. The predicted octanol–water partition coefficient (Wildman–Crippen LogP) is 4.66. The minimum atomic E-state index is -4.48. The van der Waals surface area contributed by atoms with Crippen LogP contribution in [0.1, 0.15) is 31.2 Å². The first-order valence-corrected chi connectivity index (χ1v) is 13.8. The highest BCUT2D eigenvalue weighted by atomic mass is 19.4. The van der Waals surface area contributed by atoms with Crippen molar-refractivity contribution in [1.29, 1.82) is 0 Å². The molecule has 12 heteroatoms. The fourth-order valence-corrected chi connectivity index (χ4v) is 5.17. The third-order valence-electron chi connectivity index (χ3n) is 7.44. The molecule has 0 radical (unpaired) electrons. The number of methoxy groups -OCH3 is 1. The van der Waals surface area contributed by atoms with Crippen molar-refractivity contribution in [3.8, 4) is 0 Å². The number of urea groups is 1. The molecule has 2 aromatic rings. The number of ether oxygens (including phenoxy) is 1. The fraction of sp³-hybridized carbons (Fsp3) is 0.483. The van der Waals surface area contributed by atoms with Crippen LogP contribution in [0.3, 0.4) is 0 Å². The van der Waals surface area contributed by atoms with Crippen LogP contribution in [0.15, 0.2) is 48.5 Å². The van der Waals surface area contributed by atoms with Crippen molar-refractivity contribution in [2.45, 2.75) is 31.9 Å². The number of hydrogen-bond donors (Lipinski definition) is 2. The van der Waals surface area contributed by atoms with Gasteiger partial charge in [-0.2, -0.15) is 13.2 Å². The minimum Gasteiger partial charge on any atom is -0.383 e. The summed E-state index contributed by atoms with van der Waals surface area (Å²) in [5.41, 5.74) is 0.798. The van der Waals surface area contributed by atoms with Crippen molar-refractivity contribution >= 4 is 34.9 Å². The van der Waals surface area contributed by atoms with Crippen LogP contribution < -0.4 is 15.5 Å². The van der Waals surface area contributed by atoms with Crippen molar-refractivity contribution in [2.24, 2.45) is 5.92 Å². The van der Waals surface area contributed by atoms with Crippen LogP contribution in [0.25, 0.3) is 0 Å². The first-order chi connectivity index (χ1) is 19.6. The average molecular weight is 576 g/mol. The number of nitrogens with zero attached hydrogens (tertiary/aromatic N) is 3. The Balaban J connectivity index is 1.26. The quantitative estimate of drug-likeness (QED) is 0.454. The summed E-state index contributed by atoms with van der Waals surface area (Å²) in [7, 11) is 1.56. The Bertz CT molecular complexity index is 1190. The third kappa shape index (κ3) is 8.35. The van der Waals surface area contributed by atoms with Crippen LogP contribution in [0.2, 0.25) is 0 Å². The van der Waals surface area contributed by atoms with Crippen LogP contribution >= 0.6 is 0 Å². The van der Waals surface area contributed by atoms with Gasteiger partial charge in [-0.15, -0.1) is 0 Å². The Morgan fingerprint density at radius 3 is 2.27 bits per heavy atom. The number of alkyl halides is 3. The maximum Gasteiger partial charge on any atom is 0.416 e. The summed E-state index contributed by atoms with van der Waals surface area (Å²) in [5.74, 6) is -0.292. The van der Waals surface area contributed by atoms with Gasteiger partial charge in [-0.3, -0.25) is 9.59 Å². The summed E-state index contributed by atoms with van der Waals surface area (Å²) in [5, 5.41) is 5.41. The van der Waals surface area contributed by atoms with E-state index in [1.165, 1.54) is 12.1 Å².